The van der Waals surface area contributed by atoms with E-state index in [9.17, 15) is 13.8 Å². The highest BCUT2D eigenvalue weighted by molar-refractivity contribution is 7.98. The van der Waals surface area contributed by atoms with Gasteiger partial charge in [0.1, 0.15) is 11.5 Å². The van der Waals surface area contributed by atoms with Gasteiger partial charge < -0.3 is 9.47 Å². The summed E-state index contributed by atoms with van der Waals surface area (Å²) in [6.07, 6.45) is 3.73. The van der Waals surface area contributed by atoms with E-state index in [0.717, 1.165) is 32.7 Å². The number of carbonyl (C=O) groups excluding carboxylic acids is 2. The summed E-state index contributed by atoms with van der Waals surface area (Å²) in [5, 5.41) is 0. The Kier molecular flexibility index (Phi) is 9.81. The number of Topliss-reactive ketones (excluding diaryl/α,β-unsaturated/α-hetero) is 2. The summed E-state index contributed by atoms with van der Waals surface area (Å²) in [5.41, 5.74) is 5.22. The van der Waals surface area contributed by atoms with Gasteiger partial charge >= 0.3 is 0 Å². The maximum atomic E-state index is 12.8. The van der Waals surface area contributed by atoms with Gasteiger partial charge in [-0.1, -0.05) is 72.8 Å². The third-order valence-corrected chi connectivity index (χ3v) is 10.2. The summed E-state index contributed by atoms with van der Waals surface area (Å²) >= 11 is 1.72. The lowest BCUT2D eigenvalue weighted by Gasteiger charge is -2.18. The Bertz CT molecular complexity index is 1940. The Morgan fingerprint density at radius 2 is 1.02 bits per heavy atom. The second kappa shape index (κ2) is 13.5. The molecule has 0 radical (unpaired) electrons. The lowest BCUT2D eigenvalue weighted by molar-refractivity contribution is -0.125. The van der Waals surface area contributed by atoms with Gasteiger partial charge in [0.05, 0.1) is 21.9 Å². The molecule has 1 unspecified atom stereocenters. The summed E-state index contributed by atoms with van der Waals surface area (Å²) in [4.78, 5) is 27.7. The minimum Gasteiger partial charge on any atom is -0.478 e. The predicted octanol–water partition coefficient (Wildman–Crippen LogP) is 8.94. The first-order valence-electron chi connectivity index (χ1n) is 15.4. The number of carbonyl (C=O) groups is 2. The van der Waals surface area contributed by atoms with E-state index in [0.29, 0.717) is 22.7 Å². The van der Waals surface area contributed by atoms with Crippen LogP contribution in [-0.4, -0.2) is 39.5 Å². The molecule has 0 spiro atoms. The van der Waals surface area contributed by atoms with E-state index in [1.54, 1.807) is 31.9 Å². The van der Waals surface area contributed by atoms with Gasteiger partial charge in [0.15, 0.2) is 11.2 Å². The number of thioether (sulfide) groups is 1. The summed E-state index contributed by atoms with van der Waals surface area (Å²) in [6.45, 7) is 11.2. The van der Waals surface area contributed by atoms with Crippen molar-refractivity contribution in [2.75, 3.05) is 12.5 Å². The molecule has 2 heterocycles. The van der Waals surface area contributed by atoms with E-state index in [1.807, 2.05) is 106 Å². The molecule has 0 fully saturated rings. The molecule has 6 rings (SSSR count). The summed E-state index contributed by atoms with van der Waals surface area (Å²) < 4.78 is 23.8. The fraction of sp³-hybridized carbons (Fsp3) is 0.250. The van der Waals surface area contributed by atoms with E-state index in [-0.39, 0.29) is 11.6 Å². The summed E-state index contributed by atoms with van der Waals surface area (Å²) in [7, 11) is -1.04. The van der Waals surface area contributed by atoms with Crippen LogP contribution in [0.1, 0.15) is 61.1 Å². The Morgan fingerprint density at radius 3 is 1.40 bits per heavy atom. The zero-order chi connectivity index (χ0) is 34.1. The fourth-order valence-corrected chi connectivity index (χ4v) is 7.14. The highest BCUT2D eigenvalue weighted by Gasteiger charge is 2.43. The molecule has 5 nitrogen and oxygen atoms in total. The lowest BCUT2D eigenvalue weighted by Crippen LogP contribution is -2.29. The monoisotopic (exact) mass is 664 g/mol. The molecule has 0 bridgehead atoms. The first-order valence-corrected chi connectivity index (χ1v) is 18.2. The third kappa shape index (κ3) is 6.92. The van der Waals surface area contributed by atoms with Gasteiger partial charge in [-0.2, -0.15) is 0 Å². The van der Waals surface area contributed by atoms with Gasteiger partial charge in [-0.25, -0.2) is 0 Å². The zero-order valence-corrected chi connectivity index (χ0v) is 29.7. The molecule has 0 saturated heterocycles. The Labute approximate surface area is 284 Å². The van der Waals surface area contributed by atoms with Crippen LogP contribution < -0.4 is 0 Å². The SMILES string of the molecule is CSc1ccc(C2=C(c3ccccc3)C(=O)C(C)(C)O2)cc1C.Cc1cc(C2=C(c3ccccc3)C(=O)C(C)(C)O2)ccc1S(C)=O. The van der Waals surface area contributed by atoms with Crippen molar-refractivity contribution in [3.8, 4) is 0 Å². The van der Waals surface area contributed by atoms with Gasteiger partial charge in [-0.05, 0) is 94.3 Å². The molecule has 47 heavy (non-hydrogen) atoms. The van der Waals surface area contributed by atoms with Crippen molar-refractivity contribution in [2.24, 2.45) is 0 Å². The quantitative estimate of drug-likeness (QED) is 0.192. The number of hydrogen-bond acceptors (Lipinski definition) is 6. The number of ketones is 2. The van der Waals surface area contributed by atoms with E-state index < -0.39 is 22.0 Å². The smallest absolute Gasteiger partial charge is 0.210 e. The average molecular weight is 665 g/mol. The molecule has 2 aliphatic heterocycles. The van der Waals surface area contributed by atoms with Gasteiger partial charge in [0, 0.05) is 27.2 Å². The van der Waals surface area contributed by atoms with Gasteiger partial charge in [0.2, 0.25) is 11.6 Å². The molecular weight excluding hydrogens is 625 g/mol. The van der Waals surface area contributed by atoms with Crippen molar-refractivity contribution in [1.29, 1.82) is 0 Å². The molecule has 0 amide bonds. The van der Waals surface area contributed by atoms with E-state index >= 15 is 0 Å². The van der Waals surface area contributed by atoms with Crippen LogP contribution in [0.15, 0.2) is 107 Å². The maximum Gasteiger partial charge on any atom is 0.210 e. The normalized spacial score (nSPS) is 17.2. The van der Waals surface area contributed by atoms with E-state index in [4.69, 9.17) is 9.47 Å². The molecule has 0 N–H and O–H groups in total. The number of rotatable bonds is 6. The number of hydrogen-bond donors (Lipinski definition) is 0. The van der Waals surface area contributed by atoms with Crippen molar-refractivity contribution in [3.63, 3.8) is 0 Å². The largest absolute Gasteiger partial charge is 0.478 e. The topological polar surface area (TPSA) is 69.7 Å². The average Bonchev–Trinajstić information content (AvgIpc) is 3.44. The van der Waals surface area contributed by atoms with Crippen molar-refractivity contribution in [1.82, 2.24) is 0 Å². The van der Waals surface area contributed by atoms with Gasteiger partial charge in [-0.3, -0.25) is 13.8 Å². The van der Waals surface area contributed by atoms with Crippen molar-refractivity contribution >= 4 is 56.8 Å². The minimum atomic E-state index is -1.04. The van der Waals surface area contributed by atoms with Gasteiger partial charge in [-0.15, -0.1) is 11.8 Å². The number of benzene rings is 4. The molecule has 7 heteroatoms. The summed E-state index contributed by atoms with van der Waals surface area (Å²) in [6, 6.07) is 31.2. The van der Waals surface area contributed by atoms with Crippen LogP contribution in [0.4, 0.5) is 0 Å². The Morgan fingerprint density at radius 1 is 0.596 bits per heavy atom. The first kappa shape index (κ1) is 34.1. The molecule has 4 aromatic rings. The van der Waals surface area contributed by atoms with Crippen LogP contribution in [0.3, 0.4) is 0 Å². The zero-order valence-electron chi connectivity index (χ0n) is 28.1. The molecule has 0 aliphatic carbocycles. The number of ether oxygens (including phenoxy) is 2. The molecule has 2 aliphatic rings. The highest BCUT2D eigenvalue weighted by atomic mass is 32.2. The molecule has 1 atom stereocenters. The highest BCUT2D eigenvalue weighted by Crippen LogP contribution is 2.43. The Balaban J connectivity index is 0.000000185. The molecular formula is C40H40O5S2. The van der Waals surface area contributed by atoms with Crippen LogP contribution >= 0.6 is 11.8 Å². The van der Waals surface area contributed by atoms with Crippen LogP contribution in [0, 0.1) is 13.8 Å². The van der Waals surface area contributed by atoms with Crippen LogP contribution in [0.5, 0.6) is 0 Å². The third-order valence-electron chi connectivity index (χ3n) is 8.25. The van der Waals surface area contributed by atoms with Crippen LogP contribution in [-0.2, 0) is 29.9 Å². The maximum absolute atomic E-state index is 12.8. The molecule has 242 valence electrons. The Hall–Kier alpha value is -4.20. The second-order valence-electron chi connectivity index (χ2n) is 12.6. The lowest BCUT2D eigenvalue weighted by atomic mass is 9.92. The second-order valence-corrected chi connectivity index (χ2v) is 14.8. The van der Waals surface area contributed by atoms with E-state index in [1.165, 1.54) is 10.5 Å². The standard InChI is InChI=1S/C20H20O3S.C20H20O2S/c1-13-12-15(10-11-16(13)24(4)22)18-17(14-8-6-5-7-9-14)19(21)20(2,3)23-18;1-13-12-15(10-11-16(13)23-4)18-17(14-8-6-5-7-9-14)19(21)20(2,3)22-18/h5-12H,1-4H3;5-12H,1-4H3. The molecule has 4 aromatic carbocycles. The van der Waals surface area contributed by atoms with Crippen LogP contribution in [0.25, 0.3) is 22.7 Å². The van der Waals surface area contributed by atoms with E-state index in [2.05, 4.69) is 25.3 Å². The fourth-order valence-electron chi connectivity index (χ4n) is 5.79. The van der Waals surface area contributed by atoms with Crippen molar-refractivity contribution in [3.05, 3.63) is 130 Å². The molecule has 0 aromatic heterocycles. The number of aryl methyl sites for hydroxylation is 2. The van der Waals surface area contributed by atoms with Gasteiger partial charge in [0.25, 0.3) is 0 Å². The summed E-state index contributed by atoms with van der Waals surface area (Å²) in [5.74, 6) is 1.28. The van der Waals surface area contributed by atoms with Crippen molar-refractivity contribution in [2.45, 2.75) is 62.5 Å². The predicted molar refractivity (Wildman–Crippen MR) is 193 cm³/mol. The van der Waals surface area contributed by atoms with Crippen molar-refractivity contribution < 1.29 is 23.3 Å². The first-order chi connectivity index (χ1) is 22.2. The van der Waals surface area contributed by atoms with Crippen LogP contribution in [0.2, 0.25) is 0 Å². The minimum absolute atomic E-state index is 0.0236. The molecule has 0 saturated carbocycles.